The van der Waals surface area contributed by atoms with Crippen LogP contribution in [0.15, 0.2) is 24.3 Å². The largest absolute Gasteiger partial charge is 0.394 e. The highest BCUT2D eigenvalue weighted by atomic mass is 19.1. The zero-order chi connectivity index (χ0) is 11.4. The first kappa shape index (κ1) is 11.4. The quantitative estimate of drug-likeness (QED) is 0.786. The number of aliphatic hydroxyl groups excluding tert-OH is 1. The number of rotatable bonds is 2. The average Bonchev–Trinajstić information content (AvgIpc) is 2.53. The minimum absolute atomic E-state index is 0.0318. The van der Waals surface area contributed by atoms with Gasteiger partial charge in [0.1, 0.15) is 5.82 Å². The predicted octanol–water partition coefficient (Wildman–Crippen LogP) is 0.986. The highest BCUT2D eigenvalue weighted by Crippen LogP contribution is 2.19. The summed E-state index contributed by atoms with van der Waals surface area (Å²) in [5.74, 6) is -0.230. The highest BCUT2D eigenvalue weighted by molar-refractivity contribution is 5.47. The Morgan fingerprint density at radius 3 is 3.12 bits per heavy atom. The molecule has 4 heteroatoms. The second-order valence-corrected chi connectivity index (χ2v) is 4.07. The predicted molar refractivity (Wildman–Crippen MR) is 62.1 cm³/mol. The fourth-order valence-electron chi connectivity index (χ4n) is 2.09. The van der Waals surface area contributed by atoms with Crippen LogP contribution in [-0.2, 0) is 0 Å². The van der Waals surface area contributed by atoms with Crippen LogP contribution in [0.2, 0.25) is 0 Å². The number of halogens is 1. The number of anilines is 1. The van der Waals surface area contributed by atoms with Gasteiger partial charge in [0, 0.05) is 18.8 Å². The van der Waals surface area contributed by atoms with E-state index in [2.05, 4.69) is 10.2 Å². The van der Waals surface area contributed by atoms with Crippen LogP contribution in [-0.4, -0.2) is 37.4 Å². The van der Waals surface area contributed by atoms with Crippen molar-refractivity contribution in [2.75, 3.05) is 31.1 Å². The third-order valence-corrected chi connectivity index (χ3v) is 2.92. The van der Waals surface area contributed by atoms with Gasteiger partial charge in [-0.2, -0.15) is 0 Å². The molecule has 2 N–H and O–H groups in total. The van der Waals surface area contributed by atoms with Crippen molar-refractivity contribution in [3.05, 3.63) is 30.1 Å². The summed E-state index contributed by atoms with van der Waals surface area (Å²) in [6.45, 7) is 2.63. The average molecular weight is 224 g/mol. The van der Waals surface area contributed by atoms with Crippen LogP contribution < -0.4 is 10.2 Å². The van der Waals surface area contributed by atoms with Gasteiger partial charge in [0.25, 0.3) is 0 Å². The van der Waals surface area contributed by atoms with Crippen molar-refractivity contribution in [1.29, 1.82) is 0 Å². The van der Waals surface area contributed by atoms with Crippen LogP contribution in [0.25, 0.3) is 0 Å². The summed E-state index contributed by atoms with van der Waals surface area (Å²) in [5, 5.41) is 12.6. The minimum Gasteiger partial charge on any atom is -0.394 e. The van der Waals surface area contributed by atoms with Crippen LogP contribution in [0.5, 0.6) is 0 Å². The van der Waals surface area contributed by atoms with Crippen LogP contribution >= 0.6 is 0 Å². The Balaban J connectivity index is 2.21. The number of aliphatic hydroxyl groups is 1. The lowest BCUT2D eigenvalue weighted by Crippen LogP contribution is -2.42. The fourth-order valence-corrected chi connectivity index (χ4v) is 2.09. The van der Waals surface area contributed by atoms with E-state index in [1.165, 1.54) is 12.1 Å². The maximum atomic E-state index is 13.1. The molecule has 0 radical (unpaired) electrons. The molecule has 1 aliphatic heterocycles. The van der Waals surface area contributed by atoms with Gasteiger partial charge in [0.05, 0.1) is 12.6 Å². The lowest BCUT2D eigenvalue weighted by Gasteiger charge is -2.30. The highest BCUT2D eigenvalue weighted by Gasteiger charge is 2.20. The summed E-state index contributed by atoms with van der Waals surface area (Å²) in [7, 11) is 0. The van der Waals surface area contributed by atoms with Gasteiger partial charge in [-0.05, 0) is 31.2 Å². The van der Waals surface area contributed by atoms with Gasteiger partial charge in [-0.15, -0.1) is 0 Å². The SMILES string of the molecule is OCC1CNCCCN1c1cccc(F)c1. The van der Waals surface area contributed by atoms with E-state index in [9.17, 15) is 9.50 Å². The number of hydrogen-bond donors (Lipinski definition) is 2. The molecule has 3 nitrogen and oxygen atoms in total. The number of nitrogens with one attached hydrogen (secondary N) is 1. The molecule has 0 bridgehead atoms. The summed E-state index contributed by atoms with van der Waals surface area (Å²) >= 11 is 0. The minimum atomic E-state index is -0.230. The van der Waals surface area contributed by atoms with E-state index in [-0.39, 0.29) is 18.5 Å². The Kier molecular flexibility index (Phi) is 3.74. The summed E-state index contributed by atoms with van der Waals surface area (Å²) in [6.07, 6.45) is 1.01. The van der Waals surface area contributed by atoms with Crippen molar-refractivity contribution < 1.29 is 9.50 Å². The molecule has 1 atom stereocenters. The van der Waals surface area contributed by atoms with Gasteiger partial charge in [0.15, 0.2) is 0 Å². The fraction of sp³-hybridized carbons (Fsp3) is 0.500. The van der Waals surface area contributed by atoms with Gasteiger partial charge >= 0.3 is 0 Å². The van der Waals surface area contributed by atoms with Crippen molar-refractivity contribution in [2.45, 2.75) is 12.5 Å². The Morgan fingerprint density at radius 1 is 1.50 bits per heavy atom. The van der Waals surface area contributed by atoms with Crippen molar-refractivity contribution in [2.24, 2.45) is 0 Å². The van der Waals surface area contributed by atoms with Crippen LogP contribution in [0.1, 0.15) is 6.42 Å². The molecular formula is C12H17FN2O. The lowest BCUT2D eigenvalue weighted by atomic mass is 10.2. The zero-order valence-corrected chi connectivity index (χ0v) is 9.19. The van der Waals surface area contributed by atoms with Crippen LogP contribution in [0, 0.1) is 5.82 Å². The monoisotopic (exact) mass is 224 g/mol. The van der Waals surface area contributed by atoms with Crippen molar-refractivity contribution >= 4 is 5.69 Å². The van der Waals surface area contributed by atoms with Crippen molar-refractivity contribution in [3.8, 4) is 0 Å². The molecule has 0 aliphatic carbocycles. The maximum absolute atomic E-state index is 13.1. The molecule has 1 unspecified atom stereocenters. The third kappa shape index (κ3) is 2.51. The molecule has 1 aliphatic rings. The first-order chi connectivity index (χ1) is 7.81. The molecule has 1 aromatic rings. The Morgan fingerprint density at radius 2 is 2.38 bits per heavy atom. The number of nitrogens with zero attached hydrogens (tertiary/aromatic N) is 1. The molecule has 1 aromatic carbocycles. The number of hydrogen-bond acceptors (Lipinski definition) is 3. The molecule has 1 saturated heterocycles. The van der Waals surface area contributed by atoms with E-state index in [0.717, 1.165) is 31.7 Å². The normalized spacial score (nSPS) is 21.9. The first-order valence-electron chi connectivity index (χ1n) is 5.65. The van der Waals surface area contributed by atoms with E-state index in [1.807, 2.05) is 6.07 Å². The molecule has 1 heterocycles. The van der Waals surface area contributed by atoms with E-state index < -0.39 is 0 Å². The molecule has 0 aromatic heterocycles. The molecule has 0 amide bonds. The van der Waals surface area contributed by atoms with Gasteiger partial charge in [-0.25, -0.2) is 4.39 Å². The smallest absolute Gasteiger partial charge is 0.125 e. The molecule has 0 saturated carbocycles. The molecule has 16 heavy (non-hydrogen) atoms. The summed E-state index contributed by atoms with van der Waals surface area (Å²) in [5.41, 5.74) is 0.850. The Labute approximate surface area is 94.9 Å². The standard InChI is InChI=1S/C12H17FN2O/c13-10-3-1-4-11(7-10)15-6-2-5-14-8-12(15)9-16/h1,3-4,7,12,14,16H,2,5-6,8-9H2. The second kappa shape index (κ2) is 5.27. The first-order valence-corrected chi connectivity index (χ1v) is 5.65. The molecule has 88 valence electrons. The topological polar surface area (TPSA) is 35.5 Å². The lowest BCUT2D eigenvalue weighted by molar-refractivity contribution is 0.260. The molecule has 1 fully saturated rings. The second-order valence-electron chi connectivity index (χ2n) is 4.07. The zero-order valence-electron chi connectivity index (χ0n) is 9.19. The third-order valence-electron chi connectivity index (χ3n) is 2.92. The van der Waals surface area contributed by atoms with Gasteiger partial charge in [0.2, 0.25) is 0 Å². The van der Waals surface area contributed by atoms with Crippen molar-refractivity contribution in [1.82, 2.24) is 5.32 Å². The summed E-state index contributed by atoms with van der Waals surface area (Å²) in [4.78, 5) is 2.07. The van der Waals surface area contributed by atoms with Crippen molar-refractivity contribution in [3.63, 3.8) is 0 Å². The molecular weight excluding hydrogens is 207 g/mol. The van der Waals surface area contributed by atoms with E-state index in [0.29, 0.717) is 0 Å². The summed E-state index contributed by atoms with van der Waals surface area (Å²) < 4.78 is 13.1. The Hall–Kier alpha value is -1.13. The van der Waals surface area contributed by atoms with Gasteiger partial charge < -0.3 is 15.3 Å². The molecule has 2 rings (SSSR count). The van der Waals surface area contributed by atoms with Crippen LogP contribution in [0.3, 0.4) is 0 Å². The van der Waals surface area contributed by atoms with Crippen LogP contribution in [0.4, 0.5) is 10.1 Å². The van der Waals surface area contributed by atoms with Gasteiger partial charge in [-0.3, -0.25) is 0 Å². The molecule has 0 spiro atoms. The number of benzene rings is 1. The van der Waals surface area contributed by atoms with E-state index in [4.69, 9.17) is 0 Å². The van der Waals surface area contributed by atoms with E-state index >= 15 is 0 Å². The summed E-state index contributed by atoms with van der Waals surface area (Å²) in [6, 6.07) is 6.58. The maximum Gasteiger partial charge on any atom is 0.125 e. The van der Waals surface area contributed by atoms with Gasteiger partial charge in [-0.1, -0.05) is 6.07 Å². The Bertz CT molecular complexity index is 346. The van der Waals surface area contributed by atoms with E-state index in [1.54, 1.807) is 6.07 Å².